The van der Waals surface area contributed by atoms with Crippen LogP contribution in [0.1, 0.15) is 6.92 Å². The molecule has 0 saturated heterocycles. The molecule has 0 atom stereocenters. The molecule has 0 unspecified atom stereocenters. The number of hydrogen-bond acceptors (Lipinski definition) is 3. The van der Waals surface area contributed by atoms with Gasteiger partial charge in [0.25, 0.3) is 0 Å². The lowest BCUT2D eigenvalue weighted by atomic mass is 10.4. The molecule has 8 heavy (non-hydrogen) atoms. The molecule has 0 aromatic carbocycles. The zero-order valence-corrected chi connectivity index (χ0v) is 4.77. The highest BCUT2D eigenvalue weighted by molar-refractivity contribution is 5.77. The summed E-state index contributed by atoms with van der Waals surface area (Å²) in [4.78, 5) is 10.1. The summed E-state index contributed by atoms with van der Waals surface area (Å²) in [6.07, 6.45) is 0. The SMILES string of the molecule is C=C(O)NCC(C)=O. The van der Waals surface area contributed by atoms with Gasteiger partial charge in [-0.2, -0.15) is 0 Å². The Hall–Kier alpha value is -0.990. The Balaban J connectivity index is 3.18. The molecular weight excluding hydrogens is 106 g/mol. The smallest absolute Gasteiger partial charge is 0.176 e. The zero-order valence-electron chi connectivity index (χ0n) is 4.77. The molecule has 0 fully saturated rings. The molecule has 0 aromatic rings. The van der Waals surface area contributed by atoms with Crippen molar-refractivity contribution in [2.45, 2.75) is 6.92 Å². The maximum absolute atomic E-state index is 10.1. The second-order valence-electron chi connectivity index (χ2n) is 1.50. The summed E-state index contributed by atoms with van der Waals surface area (Å²) in [6.45, 7) is 4.69. The molecule has 0 rings (SSSR count). The van der Waals surface area contributed by atoms with Crippen LogP contribution in [0.25, 0.3) is 0 Å². The number of aliphatic hydroxyl groups excluding tert-OH is 1. The lowest BCUT2D eigenvalue weighted by Crippen LogP contribution is -2.19. The molecular formula is C5H9NO2. The average Bonchev–Trinajstić information content (AvgIpc) is 1.61. The van der Waals surface area contributed by atoms with Crippen molar-refractivity contribution < 1.29 is 9.90 Å². The van der Waals surface area contributed by atoms with E-state index in [2.05, 4.69) is 11.9 Å². The van der Waals surface area contributed by atoms with Crippen molar-refractivity contribution >= 4 is 5.78 Å². The Labute approximate surface area is 48.0 Å². The van der Waals surface area contributed by atoms with Crippen LogP contribution in [0.2, 0.25) is 0 Å². The van der Waals surface area contributed by atoms with Gasteiger partial charge in [-0.25, -0.2) is 0 Å². The molecule has 3 nitrogen and oxygen atoms in total. The van der Waals surface area contributed by atoms with Crippen molar-refractivity contribution in [2.24, 2.45) is 0 Å². The molecule has 0 spiro atoms. The Kier molecular flexibility index (Phi) is 2.69. The minimum absolute atomic E-state index is 0.0276. The third kappa shape index (κ3) is 5.01. The van der Waals surface area contributed by atoms with E-state index in [0.29, 0.717) is 0 Å². The number of aliphatic hydroxyl groups is 1. The summed E-state index contributed by atoms with van der Waals surface area (Å²) in [5.74, 6) is -0.194. The second-order valence-corrected chi connectivity index (χ2v) is 1.50. The molecule has 3 heteroatoms. The second kappa shape index (κ2) is 3.07. The summed E-state index contributed by atoms with van der Waals surface area (Å²) < 4.78 is 0. The Bertz CT molecular complexity index is 95.0. The molecule has 0 radical (unpaired) electrons. The van der Waals surface area contributed by atoms with Crippen LogP contribution in [0, 0.1) is 0 Å². The van der Waals surface area contributed by atoms with Gasteiger partial charge in [-0.05, 0) is 13.5 Å². The van der Waals surface area contributed by atoms with Gasteiger partial charge in [-0.1, -0.05) is 0 Å². The molecule has 0 aliphatic carbocycles. The molecule has 0 aliphatic heterocycles. The van der Waals surface area contributed by atoms with E-state index >= 15 is 0 Å². The minimum Gasteiger partial charge on any atom is -0.495 e. The van der Waals surface area contributed by atoms with Crippen molar-refractivity contribution in [3.8, 4) is 0 Å². The molecule has 0 aromatic heterocycles. The van der Waals surface area contributed by atoms with Crippen molar-refractivity contribution in [3.63, 3.8) is 0 Å². The minimum atomic E-state index is -0.166. The maximum Gasteiger partial charge on any atom is 0.176 e. The van der Waals surface area contributed by atoms with Gasteiger partial charge in [0, 0.05) is 0 Å². The van der Waals surface area contributed by atoms with E-state index in [0.717, 1.165) is 0 Å². The molecule has 0 heterocycles. The first kappa shape index (κ1) is 7.01. The third-order valence-electron chi connectivity index (χ3n) is 0.541. The van der Waals surface area contributed by atoms with Gasteiger partial charge in [0.15, 0.2) is 5.88 Å². The molecule has 46 valence electrons. The topological polar surface area (TPSA) is 49.3 Å². The predicted molar refractivity (Wildman–Crippen MR) is 30.5 cm³/mol. The summed E-state index contributed by atoms with van der Waals surface area (Å²) in [7, 11) is 0. The fourth-order valence-corrected chi connectivity index (χ4v) is 0.227. The van der Waals surface area contributed by atoms with E-state index in [4.69, 9.17) is 5.11 Å². The van der Waals surface area contributed by atoms with Gasteiger partial charge < -0.3 is 10.4 Å². The van der Waals surface area contributed by atoms with Crippen LogP contribution in [0.4, 0.5) is 0 Å². The van der Waals surface area contributed by atoms with Gasteiger partial charge >= 0.3 is 0 Å². The highest BCUT2D eigenvalue weighted by Gasteiger charge is 1.89. The van der Waals surface area contributed by atoms with Gasteiger partial charge in [0.05, 0.1) is 6.54 Å². The lowest BCUT2D eigenvalue weighted by molar-refractivity contribution is -0.116. The number of carbonyl (C=O) groups is 1. The van der Waals surface area contributed by atoms with Crippen LogP contribution in [-0.2, 0) is 4.79 Å². The molecule has 2 N–H and O–H groups in total. The first-order chi connectivity index (χ1) is 3.63. The van der Waals surface area contributed by atoms with Crippen molar-refractivity contribution in [1.29, 1.82) is 0 Å². The summed E-state index contributed by atoms with van der Waals surface area (Å²) in [5, 5.41) is 10.7. The number of hydrogen-bond donors (Lipinski definition) is 2. The standard InChI is InChI=1S/C5H9NO2/c1-4(7)3-6-5(2)8/h6,8H,2-3H2,1H3. The number of rotatable bonds is 3. The van der Waals surface area contributed by atoms with E-state index in [1.807, 2.05) is 0 Å². The Morgan fingerprint density at radius 3 is 2.50 bits per heavy atom. The first-order valence-electron chi connectivity index (χ1n) is 2.24. The largest absolute Gasteiger partial charge is 0.495 e. The van der Waals surface area contributed by atoms with Crippen LogP contribution >= 0.6 is 0 Å². The predicted octanol–water partition coefficient (Wildman–Crippen LogP) is 0.194. The van der Waals surface area contributed by atoms with Gasteiger partial charge in [-0.15, -0.1) is 0 Å². The zero-order chi connectivity index (χ0) is 6.57. The first-order valence-corrected chi connectivity index (χ1v) is 2.24. The molecule has 0 bridgehead atoms. The molecule has 0 saturated carbocycles. The Morgan fingerprint density at radius 1 is 1.88 bits per heavy atom. The van der Waals surface area contributed by atoms with Crippen LogP contribution in [0.3, 0.4) is 0 Å². The quantitative estimate of drug-likeness (QED) is 0.516. The van der Waals surface area contributed by atoms with Crippen LogP contribution in [0.15, 0.2) is 12.5 Å². The number of nitrogens with one attached hydrogen (secondary N) is 1. The van der Waals surface area contributed by atoms with E-state index < -0.39 is 0 Å². The van der Waals surface area contributed by atoms with Crippen molar-refractivity contribution in [2.75, 3.05) is 6.54 Å². The van der Waals surface area contributed by atoms with Gasteiger partial charge in [0.2, 0.25) is 0 Å². The summed E-state index contributed by atoms with van der Waals surface area (Å²) in [6, 6.07) is 0. The summed E-state index contributed by atoms with van der Waals surface area (Å²) in [5.41, 5.74) is 0. The lowest BCUT2D eigenvalue weighted by Gasteiger charge is -1.96. The molecule has 0 aliphatic rings. The third-order valence-corrected chi connectivity index (χ3v) is 0.541. The maximum atomic E-state index is 10.1. The Morgan fingerprint density at radius 2 is 2.38 bits per heavy atom. The number of Topliss-reactive ketones (excluding diaryl/α,β-unsaturated/α-hetero) is 1. The summed E-state index contributed by atoms with van der Waals surface area (Å²) >= 11 is 0. The van der Waals surface area contributed by atoms with E-state index in [9.17, 15) is 4.79 Å². The monoisotopic (exact) mass is 115 g/mol. The van der Waals surface area contributed by atoms with Gasteiger partial charge in [-0.3, -0.25) is 4.79 Å². The van der Waals surface area contributed by atoms with E-state index in [1.165, 1.54) is 6.92 Å². The van der Waals surface area contributed by atoms with Crippen molar-refractivity contribution in [1.82, 2.24) is 5.32 Å². The van der Waals surface area contributed by atoms with E-state index in [1.54, 1.807) is 0 Å². The van der Waals surface area contributed by atoms with Crippen molar-refractivity contribution in [3.05, 3.63) is 12.5 Å². The van der Waals surface area contributed by atoms with E-state index in [-0.39, 0.29) is 18.2 Å². The van der Waals surface area contributed by atoms with Crippen LogP contribution < -0.4 is 5.32 Å². The highest BCUT2D eigenvalue weighted by Crippen LogP contribution is 1.71. The molecule has 0 amide bonds. The fourth-order valence-electron chi connectivity index (χ4n) is 0.227. The number of carbonyl (C=O) groups excluding carboxylic acids is 1. The van der Waals surface area contributed by atoms with Crippen LogP contribution in [0.5, 0.6) is 0 Å². The van der Waals surface area contributed by atoms with Crippen LogP contribution in [-0.4, -0.2) is 17.4 Å². The normalized spacial score (nSPS) is 8.12. The van der Waals surface area contributed by atoms with Gasteiger partial charge in [0.1, 0.15) is 5.78 Å². The highest BCUT2D eigenvalue weighted by atomic mass is 16.3. The fraction of sp³-hybridized carbons (Fsp3) is 0.400. The number of ketones is 1. The average molecular weight is 115 g/mol.